The van der Waals surface area contributed by atoms with Crippen molar-refractivity contribution in [2.45, 2.75) is 26.7 Å². The van der Waals surface area contributed by atoms with Gasteiger partial charge in [-0.05, 0) is 37.1 Å². The van der Waals surface area contributed by atoms with Crippen molar-refractivity contribution in [3.8, 4) is 0 Å². The number of aromatic nitrogens is 2. The Kier molecular flexibility index (Phi) is 4.96. The quantitative estimate of drug-likeness (QED) is 0.842. The van der Waals surface area contributed by atoms with E-state index in [9.17, 15) is 9.59 Å². The zero-order chi connectivity index (χ0) is 17.3. The van der Waals surface area contributed by atoms with Gasteiger partial charge in [-0.3, -0.25) is 9.59 Å². The van der Waals surface area contributed by atoms with Gasteiger partial charge in [0.2, 0.25) is 16.9 Å². The van der Waals surface area contributed by atoms with E-state index in [1.807, 2.05) is 32.0 Å². The molecule has 0 radical (unpaired) electrons. The van der Waals surface area contributed by atoms with Crippen molar-refractivity contribution in [3.05, 3.63) is 33.2 Å². The minimum atomic E-state index is -0.379. The summed E-state index contributed by atoms with van der Waals surface area (Å²) in [5.74, 6) is -0.600. The number of carbonyl (C=O) groups excluding carboxylic acids is 2. The first-order valence-corrected chi connectivity index (χ1v) is 9.28. The fraction of sp³-hybridized carbons (Fsp3) is 0.375. The van der Waals surface area contributed by atoms with Crippen molar-refractivity contribution in [3.63, 3.8) is 0 Å². The van der Waals surface area contributed by atoms with Crippen molar-refractivity contribution in [1.82, 2.24) is 10.2 Å². The second-order valence-electron chi connectivity index (χ2n) is 5.68. The molecule has 6 nitrogen and oxygen atoms in total. The minimum Gasteiger partial charge on any atom is -0.312 e. The van der Waals surface area contributed by atoms with Gasteiger partial charge in [0.15, 0.2) is 0 Å². The number of nitrogens with zero attached hydrogens (tertiary/aromatic N) is 3. The number of halogens is 1. The van der Waals surface area contributed by atoms with Gasteiger partial charge in [0.1, 0.15) is 5.01 Å². The number of carbonyl (C=O) groups is 2. The Hall–Kier alpha value is -1.80. The summed E-state index contributed by atoms with van der Waals surface area (Å²) in [6, 6.07) is 5.74. The standard InChI is InChI=1S/C16H17BrN4O2S/c1-3-13-19-20-16(24-13)18-15(23)10-7-14(22)21(8-10)11-4-5-12(17)9(2)6-11/h4-6,10H,3,7-8H2,1-2H3,(H,18,20,23)/t10-/m0/s1. The predicted octanol–water partition coefficient (Wildman–Crippen LogP) is 3.16. The van der Waals surface area contributed by atoms with Crippen LogP contribution in [-0.2, 0) is 16.0 Å². The van der Waals surface area contributed by atoms with E-state index < -0.39 is 0 Å². The Morgan fingerprint density at radius 1 is 1.46 bits per heavy atom. The molecule has 1 fully saturated rings. The summed E-state index contributed by atoms with van der Waals surface area (Å²) >= 11 is 4.82. The van der Waals surface area contributed by atoms with Gasteiger partial charge in [0.05, 0.1) is 5.92 Å². The Balaban J connectivity index is 1.69. The molecule has 0 spiro atoms. The van der Waals surface area contributed by atoms with Crippen LogP contribution in [0.5, 0.6) is 0 Å². The Morgan fingerprint density at radius 3 is 2.92 bits per heavy atom. The third kappa shape index (κ3) is 3.49. The Bertz CT molecular complexity index is 792. The van der Waals surface area contributed by atoms with Crippen LogP contribution in [0.1, 0.15) is 23.9 Å². The Labute approximate surface area is 152 Å². The number of anilines is 2. The smallest absolute Gasteiger partial charge is 0.231 e. The molecule has 1 atom stereocenters. The molecule has 0 aliphatic carbocycles. The largest absolute Gasteiger partial charge is 0.312 e. The summed E-state index contributed by atoms with van der Waals surface area (Å²) in [6.45, 7) is 4.34. The van der Waals surface area contributed by atoms with Crippen LogP contribution in [0.2, 0.25) is 0 Å². The van der Waals surface area contributed by atoms with Gasteiger partial charge < -0.3 is 10.2 Å². The van der Waals surface area contributed by atoms with Crippen LogP contribution in [0.25, 0.3) is 0 Å². The first-order chi connectivity index (χ1) is 11.5. The predicted molar refractivity (Wildman–Crippen MR) is 97.3 cm³/mol. The normalized spacial score (nSPS) is 17.4. The van der Waals surface area contributed by atoms with Gasteiger partial charge in [-0.15, -0.1) is 10.2 Å². The molecule has 1 aromatic carbocycles. The molecule has 1 aliphatic heterocycles. The molecular weight excluding hydrogens is 392 g/mol. The number of amides is 2. The summed E-state index contributed by atoms with van der Waals surface area (Å²) < 4.78 is 0.996. The van der Waals surface area contributed by atoms with Crippen molar-refractivity contribution in [2.75, 3.05) is 16.8 Å². The fourth-order valence-electron chi connectivity index (χ4n) is 2.58. The molecule has 3 rings (SSSR count). The lowest BCUT2D eigenvalue weighted by atomic mass is 10.1. The average molecular weight is 409 g/mol. The number of benzene rings is 1. The Morgan fingerprint density at radius 2 is 2.25 bits per heavy atom. The molecule has 0 saturated carbocycles. The fourth-order valence-corrected chi connectivity index (χ4v) is 3.51. The van der Waals surface area contributed by atoms with Gasteiger partial charge in [0.25, 0.3) is 0 Å². The maximum atomic E-state index is 12.4. The first kappa shape index (κ1) is 17.0. The van der Waals surface area contributed by atoms with Gasteiger partial charge >= 0.3 is 0 Å². The molecule has 126 valence electrons. The lowest BCUT2D eigenvalue weighted by molar-refractivity contribution is -0.122. The number of hydrogen-bond acceptors (Lipinski definition) is 5. The van der Waals surface area contributed by atoms with Crippen LogP contribution in [0, 0.1) is 12.8 Å². The van der Waals surface area contributed by atoms with Gasteiger partial charge in [0, 0.05) is 23.1 Å². The van der Waals surface area contributed by atoms with E-state index >= 15 is 0 Å². The second kappa shape index (κ2) is 6.98. The molecule has 0 bridgehead atoms. The van der Waals surface area contributed by atoms with Crippen LogP contribution in [0.15, 0.2) is 22.7 Å². The van der Waals surface area contributed by atoms with Crippen LogP contribution in [0.3, 0.4) is 0 Å². The number of rotatable bonds is 4. The number of hydrogen-bond donors (Lipinski definition) is 1. The highest BCUT2D eigenvalue weighted by Gasteiger charge is 2.35. The molecule has 1 aliphatic rings. The molecule has 1 aromatic heterocycles. The van der Waals surface area contributed by atoms with Gasteiger partial charge in [-0.2, -0.15) is 0 Å². The molecular formula is C16H17BrN4O2S. The van der Waals surface area contributed by atoms with Crippen LogP contribution in [-0.4, -0.2) is 28.6 Å². The second-order valence-corrected chi connectivity index (χ2v) is 7.60. The van der Waals surface area contributed by atoms with E-state index in [4.69, 9.17) is 0 Å². The maximum absolute atomic E-state index is 12.4. The monoisotopic (exact) mass is 408 g/mol. The summed E-state index contributed by atoms with van der Waals surface area (Å²) in [5, 5.41) is 12.1. The van der Waals surface area contributed by atoms with E-state index in [2.05, 4.69) is 31.4 Å². The van der Waals surface area contributed by atoms with Crippen LogP contribution < -0.4 is 10.2 Å². The average Bonchev–Trinajstić information content (AvgIpc) is 3.16. The topological polar surface area (TPSA) is 75.2 Å². The molecule has 24 heavy (non-hydrogen) atoms. The number of aryl methyl sites for hydroxylation is 2. The van der Waals surface area contributed by atoms with E-state index in [-0.39, 0.29) is 24.2 Å². The highest BCUT2D eigenvalue weighted by Crippen LogP contribution is 2.29. The summed E-state index contributed by atoms with van der Waals surface area (Å²) in [5.41, 5.74) is 1.87. The van der Waals surface area contributed by atoms with Crippen molar-refractivity contribution in [1.29, 1.82) is 0 Å². The lowest BCUT2D eigenvalue weighted by Gasteiger charge is -2.17. The highest BCUT2D eigenvalue weighted by molar-refractivity contribution is 9.10. The molecule has 8 heteroatoms. The summed E-state index contributed by atoms with van der Waals surface area (Å²) in [6.07, 6.45) is 0.993. The summed E-state index contributed by atoms with van der Waals surface area (Å²) in [7, 11) is 0. The SMILES string of the molecule is CCc1nnc(NC(=O)[C@H]2CC(=O)N(c3ccc(Br)c(C)c3)C2)s1. The highest BCUT2D eigenvalue weighted by atomic mass is 79.9. The zero-order valence-electron chi connectivity index (χ0n) is 13.4. The van der Waals surface area contributed by atoms with Crippen molar-refractivity contribution < 1.29 is 9.59 Å². The molecule has 1 saturated heterocycles. The van der Waals surface area contributed by atoms with Gasteiger partial charge in [-0.1, -0.05) is 34.2 Å². The van der Waals surface area contributed by atoms with E-state index in [1.165, 1.54) is 11.3 Å². The van der Waals surface area contributed by atoms with E-state index in [1.54, 1.807) is 4.90 Å². The number of nitrogens with one attached hydrogen (secondary N) is 1. The molecule has 2 amide bonds. The molecule has 2 heterocycles. The maximum Gasteiger partial charge on any atom is 0.231 e. The third-order valence-electron chi connectivity index (χ3n) is 3.95. The molecule has 0 unspecified atom stereocenters. The summed E-state index contributed by atoms with van der Waals surface area (Å²) in [4.78, 5) is 26.4. The molecule has 1 N–H and O–H groups in total. The lowest BCUT2D eigenvalue weighted by Crippen LogP contribution is -2.28. The van der Waals surface area contributed by atoms with E-state index in [0.29, 0.717) is 11.7 Å². The van der Waals surface area contributed by atoms with Crippen LogP contribution >= 0.6 is 27.3 Å². The van der Waals surface area contributed by atoms with Gasteiger partial charge in [-0.25, -0.2) is 0 Å². The molecule has 2 aromatic rings. The van der Waals surface area contributed by atoms with Crippen molar-refractivity contribution in [2.24, 2.45) is 5.92 Å². The van der Waals surface area contributed by atoms with Crippen LogP contribution in [0.4, 0.5) is 10.8 Å². The van der Waals surface area contributed by atoms with Crippen molar-refractivity contribution >= 4 is 49.9 Å². The first-order valence-electron chi connectivity index (χ1n) is 7.67. The zero-order valence-corrected chi connectivity index (χ0v) is 15.8. The minimum absolute atomic E-state index is 0.0385. The third-order valence-corrected chi connectivity index (χ3v) is 5.82. The van der Waals surface area contributed by atoms with E-state index in [0.717, 1.165) is 27.2 Å².